The van der Waals surface area contributed by atoms with Gasteiger partial charge in [-0.1, -0.05) is 77.0 Å². The van der Waals surface area contributed by atoms with Crippen molar-refractivity contribution in [2.75, 3.05) is 6.26 Å². The summed E-state index contributed by atoms with van der Waals surface area (Å²) in [6, 6.07) is 0.160. The molecule has 0 radical (unpaired) electrons. The number of thioether (sulfide) groups is 1. The molecule has 1 aliphatic heterocycles. The van der Waals surface area contributed by atoms with E-state index in [1.54, 1.807) is 4.90 Å². The Kier molecular flexibility index (Phi) is 9.22. The van der Waals surface area contributed by atoms with E-state index in [0.717, 1.165) is 25.7 Å². The minimum Gasteiger partial charge on any atom is -0.278 e. The third-order valence-electron chi connectivity index (χ3n) is 5.62. The highest BCUT2D eigenvalue weighted by molar-refractivity contribution is 8.00. The minimum absolute atomic E-state index is 0.0715. The summed E-state index contributed by atoms with van der Waals surface area (Å²) >= 11 is 1.53. The molecule has 24 heavy (non-hydrogen) atoms. The van der Waals surface area contributed by atoms with Crippen molar-refractivity contribution in [3.8, 4) is 0 Å². The second-order valence-corrected chi connectivity index (χ2v) is 8.54. The van der Waals surface area contributed by atoms with Crippen LogP contribution < -0.4 is 0 Å². The van der Waals surface area contributed by atoms with Crippen molar-refractivity contribution < 1.29 is 9.59 Å². The lowest BCUT2D eigenvalue weighted by molar-refractivity contribution is -0.141. The lowest BCUT2D eigenvalue weighted by Crippen LogP contribution is -2.40. The molecule has 0 aromatic rings. The lowest BCUT2D eigenvalue weighted by atomic mass is 9.99. The molecule has 4 heteroatoms. The fourth-order valence-electron chi connectivity index (χ4n) is 4.12. The van der Waals surface area contributed by atoms with Gasteiger partial charge in [0.2, 0.25) is 11.8 Å². The van der Waals surface area contributed by atoms with Crippen LogP contribution in [-0.4, -0.2) is 34.3 Å². The zero-order valence-electron chi connectivity index (χ0n) is 15.4. The third kappa shape index (κ3) is 6.09. The Balaban J connectivity index is 1.91. The fraction of sp³-hybridized carbons (Fsp3) is 0.900. The summed E-state index contributed by atoms with van der Waals surface area (Å²) in [4.78, 5) is 26.6. The van der Waals surface area contributed by atoms with E-state index in [1.807, 2.05) is 6.26 Å². The molecule has 0 spiro atoms. The molecule has 1 aliphatic carbocycles. The van der Waals surface area contributed by atoms with Gasteiger partial charge in [0.25, 0.3) is 0 Å². The van der Waals surface area contributed by atoms with Crippen LogP contribution in [0.15, 0.2) is 0 Å². The molecule has 1 unspecified atom stereocenters. The van der Waals surface area contributed by atoms with Gasteiger partial charge in [-0.3, -0.25) is 14.5 Å². The molecular formula is C20H35NO2S. The van der Waals surface area contributed by atoms with E-state index >= 15 is 0 Å². The number of hydrogen-bond donors (Lipinski definition) is 0. The molecule has 138 valence electrons. The van der Waals surface area contributed by atoms with Gasteiger partial charge in [0, 0.05) is 12.5 Å². The highest BCUT2D eigenvalue weighted by Crippen LogP contribution is 2.29. The van der Waals surface area contributed by atoms with Gasteiger partial charge >= 0.3 is 0 Å². The van der Waals surface area contributed by atoms with E-state index in [2.05, 4.69) is 0 Å². The topological polar surface area (TPSA) is 37.4 Å². The largest absolute Gasteiger partial charge is 0.278 e. The molecule has 0 aromatic carbocycles. The number of hydrogen-bond acceptors (Lipinski definition) is 3. The average molecular weight is 354 g/mol. The molecular weight excluding hydrogens is 318 g/mol. The highest BCUT2D eigenvalue weighted by Gasteiger charge is 2.41. The molecule has 2 fully saturated rings. The molecule has 2 amide bonds. The van der Waals surface area contributed by atoms with Crippen molar-refractivity contribution in [3.63, 3.8) is 0 Å². The monoisotopic (exact) mass is 353 g/mol. The molecule has 0 bridgehead atoms. The van der Waals surface area contributed by atoms with Crippen LogP contribution in [0.1, 0.15) is 96.3 Å². The van der Waals surface area contributed by atoms with E-state index in [4.69, 9.17) is 0 Å². The van der Waals surface area contributed by atoms with Crippen LogP contribution in [0.3, 0.4) is 0 Å². The average Bonchev–Trinajstić information content (AvgIpc) is 2.86. The molecule has 1 saturated heterocycles. The number of amides is 2. The SMILES string of the molecule is CSC1CC(=O)N(C2CCCCCCCCCCCCCC2)C1=O. The zero-order valence-corrected chi connectivity index (χ0v) is 16.2. The first kappa shape index (κ1) is 19.8. The number of carbonyl (C=O) groups excluding carboxylic acids is 2. The smallest absolute Gasteiger partial charge is 0.243 e. The molecule has 1 saturated carbocycles. The maximum absolute atomic E-state index is 12.6. The first-order valence-electron chi connectivity index (χ1n) is 10.1. The van der Waals surface area contributed by atoms with Crippen LogP contribution in [0.4, 0.5) is 0 Å². The normalized spacial score (nSPS) is 27.0. The Morgan fingerprint density at radius 1 is 0.750 bits per heavy atom. The fourth-order valence-corrected chi connectivity index (χ4v) is 4.74. The summed E-state index contributed by atoms with van der Waals surface area (Å²) < 4.78 is 0. The van der Waals surface area contributed by atoms with Crippen molar-refractivity contribution in [1.29, 1.82) is 0 Å². The maximum atomic E-state index is 12.6. The summed E-state index contributed by atoms with van der Waals surface area (Å²) in [6.07, 6.45) is 20.1. The maximum Gasteiger partial charge on any atom is 0.243 e. The summed E-state index contributed by atoms with van der Waals surface area (Å²) in [5, 5.41) is -0.130. The predicted octanol–water partition coefficient (Wildman–Crippen LogP) is 5.32. The van der Waals surface area contributed by atoms with Crippen LogP contribution >= 0.6 is 11.8 Å². The van der Waals surface area contributed by atoms with E-state index in [1.165, 1.54) is 76.0 Å². The van der Waals surface area contributed by atoms with Crippen LogP contribution in [0, 0.1) is 0 Å². The van der Waals surface area contributed by atoms with Gasteiger partial charge < -0.3 is 0 Å². The van der Waals surface area contributed by atoms with Gasteiger partial charge in [-0.05, 0) is 19.1 Å². The molecule has 0 N–H and O–H groups in total. The Morgan fingerprint density at radius 3 is 1.54 bits per heavy atom. The first-order valence-corrected chi connectivity index (χ1v) is 11.4. The second kappa shape index (κ2) is 11.2. The van der Waals surface area contributed by atoms with Crippen molar-refractivity contribution in [2.45, 2.75) is 108 Å². The lowest BCUT2D eigenvalue weighted by Gasteiger charge is -2.27. The molecule has 2 aliphatic rings. The second-order valence-electron chi connectivity index (χ2n) is 7.50. The standard InChI is InChI=1S/C20H35NO2S/c1-24-18-16-19(22)21(20(18)23)17-14-12-10-8-6-4-2-3-5-7-9-11-13-15-17/h17-18H,2-16H2,1H3. The van der Waals surface area contributed by atoms with Crippen LogP contribution in [-0.2, 0) is 9.59 Å². The number of carbonyl (C=O) groups is 2. The van der Waals surface area contributed by atoms with Gasteiger partial charge in [-0.25, -0.2) is 0 Å². The van der Waals surface area contributed by atoms with Crippen molar-refractivity contribution in [1.82, 2.24) is 4.90 Å². The molecule has 0 aromatic heterocycles. The van der Waals surface area contributed by atoms with Crippen LogP contribution in [0.5, 0.6) is 0 Å². The van der Waals surface area contributed by atoms with Gasteiger partial charge in [0.05, 0.1) is 5.25 Å². The summed E-state index contributed by atoms with van der Waals surface area (Å²) in [7, 11) is 0. The van der Waals surface area contributed by atoms with Gasteiger partial charge in [0.15, 0.2) is 0 Å². The number of imide groups is 1. The Bertz CT molecular complexity index is 383. The van der Waals surface area contributed by atoms with Crippen LogP contribution in [0.2, 0.25) is 0 Å². The molecule has 2 rings (SSSR count). The number of likely N-dealkylation sites (tertiary alicyclic amines) is 1. The zero-order chi connectivity index (χ0) is 17.2. The van der Waals surface area contributed by atoms with E-state index < -0.39 is 0 Å². The number of nitrogens with zero attached hydrogens (tertiary/aromatic N) is 1. The Labute approximate surface area is 152 Å². The van der Waals surface area contributed by atoms with Crippen molar-refractivity contribution >= 4 is 23.6 Å². The van der Waals surface area contributed by atoms with Crippen molar-refractivity contribution in [3.05, 3.63) is 0 Å². The summed E-state index contributed by atoms with van der Waals surface area (Å²) in [5.41, 5.74) is 0. The number of rotatable bonds is 2. The van der Waals surface area contributed by atoms with Gasteiger partial charge in [-0.2, -0.15) is 11.8 Å². The van der Waals surface area contributed by atoms with Crippen molar-refractivity contribution in [2.24, 2.45) is 0 Å². The Hall–Kier alpha value is -0.510. The minimum atomic E-state index is -0.130. The molecule has 1 atom stereocenters. The summed E-state index contributed by atoms with van der Waals surface area (Å²) in [5.74, 6) is 0.151. The van der Waals surface area contributed by atoms with E-state index in [0.29, 0.717) is 6.42 Å². The van der Waals surface area contributed by atoms with E-state index in [9.17, 15) is 9.59 Å². The molecule has 3 nitrogen and oxygen atoms in total. The van der Waals surface area contributed by atoms with E-state index in [-0.39, 0.29) is 23.1 Å². The van der Waals surface area contributed by atoms with Gasteiger partial charge in [0.1, 0.15) is 0 Å². The quantitative estimate of drug-likeness (QED) is 0.630. The third-order valence-corrected chi connectivity index (χ3v) is 6.55. The highest BCUT2D eigenvalue weighted by atomic mass is 32.2. The Morgan fingerprint density at radius 2 is 1.17 bits per heavy atom. The molecule has 1 heterocycles. The summed E-state index contributed by atoms with van der Waals surface area (Å²) in [6.45, 7) is 0. The predicted molar refractivity (Wildman–Crippen MR) is 102 cm³/mol. The van der Waals surface area contributed by atoms with Gasteiger partial charge in [-0.15, -0.1) is 0 Å². The first-order chi connectivity index (χ1) is 11.7. The van der Waals surface area contributed by atoms with Crippen LogP contribution in [0.25, 0.3) is 0 Å².